The first-order valence-electron chi connectivity index (χ1n) is 2.89. The normalized spacial score (nSPS) is 9.55. The molecule has 0 saturated carbocycles. The predicted octanol–water partition coefficient (Wildman–Crippen LogP) is 1.25. The third-order valence-corrected chi connectivity index (χ3v) is 1.91. The molecule has 3 nitrogen and oxygen atoms in total. The number of carbonyl (C=O) groups excluding carboxylic acids is 1. The molecule has 1 amide bonds. The number of benzene rings is 1. The van der Waals surface area contributed by atoms with E-state index in [1.165, 1.54) is 12.1 Å². The molecule has 0 radical (unpaired) electrons. The number of hydrogen-bond donors (Lipinski definition) is 2. The van der Waals surface area contributed by atoms with Gasteiger partial charge in [-0.15, -0.1) is 0 Å². The maximum Gasteiger partial charge on any atom is 0.249 e. The largest absolute Gasteiger partial charge is 0.508 e. The Morgan fingerprint density at radius 3 is 2.64 bits per heavy atom. The van der Waals surface area contributed by atoms with Gasteiger partial charge in [-0.2, -0.15) is 0 Å². The van der Waals surface area contributed by atoms with Crippen molar-refractivity contribution in [2.24, 2.45) is 5.73 Å². The van der Waals surface area contributed by atoms with Crippen LogP contribution in [0.4, 0.5) is 0 Å². The van der Waals surface area contributed by atoms with E-state index in [2.05, 4.69) is 15.9 Å². The van der Waals surface area contributed by atoms with Crippen LogP contribution < -0.4 is 5.73 Å². The Kier molecular flexibility index (Phi) is 2.14. The molecule has 1 aromatic carbocycles. The van der Waals surface area contributed by atoms with Crippen LogP contribution in [0.1, 0.15) is 10.4 Å². The fourth-order valence-corrected chi connectivity index (χ4v) is 1.14. The molecular weight excluding hydrogens is 210 g/mol. The van der Waals surface area contributed by atoms with E-state index in [0.717, 1.165) is 0 Å². The first kappa shape index (κ1) is 8.07. The van der Waals surface area contributed by atoms with Gasteiger partial charge >= 0.3 is 0 Å². The topological polar surface area (TPSA) is 63.3 Å². The number of aromatic hydroxyl groups is 1. The fraction of sp³-hybridized carbons (Fsp3) is 0. The first-order valence-corrected chi connectivity index (χ1v) is 3.69. The predicted molar refractivity (Wildman–Crippen MR) is 44.3 cm³/mol. The summed E-state index contributed by atoms with van der Waals surface area (Å²) in [5.74, 6) is -0.533. The van der Waals surface area contributed by atoms with E-state index in [0.29, 0.717) is 4.47 Å². The maximum absolute atomic E-state index is 10.7. The van der Waals surface area contributed by atoms with Gasteiger partial charge in [0.15, 0.2) is 0 Å². The molecule has 0 fully saturated rings. The van der Waals surface area contributed by atoms with Gasteiger partial charge in [-0.1, -0.05) is 0 Å². The van der Waals surface area contributed by atoms with Crippen molar-refractivity contribution < 1.29 is 9.90 Å². The number of phenolic OH excluding ortho intramolecular Hbond substituents is 1. The molecule has 4 heteroatoms. The second-order valence-electron chi connectivity index (χ2n) is 2.03. The van der Waals surface area contributed by atoms with E-state index >= 15 is 0 Å². The van der Waals surface area contributed by atoms with Crippen molar-refractivity contribution in [3.05, 3.63) is 28.2 Å². The van der Waals surface area contributed by atoms with Crippen molar-refractivity contribution in [3.63, 3.8) is 0 Å². The van der Waals surface area contributed by atoms with Crippen molar-refractivity contribution in [1.29, 1.82) is 0 Å². The smallest absolute Gasteiger partial charge is 0.249 e. The lowest BCUT2D eigenvalue weighted by atomic mass is 10.2. The van der Waals surface area contributed by atoms with Crippen LogP contribution in [0.2, 0.25) is 0 Å². The summed E-state index contributed by atoms with van der Waals surface area (Å²) in [7, 11) is 0. The highest BCUT2D eigenvalue weighted by Gasteiger charge is 2.05. The van der Waals surface area contributed by atoms with Gasteiger partial charge in [-0.05, 0) is 34.1 Å². The number of hydrogen-bond acceptors (Lipinski definition) is 2. The lowest BCUT2D eigenvalue weighted by molar-refractivity contribution is 0.0999. The number of phenols is 1. The second kappa shape index (κ2) is 2.92. The van der Waals surface area contributed by atoms with Gasteiger partial charge in [-0.3, -0.25) is 4.79 Å². The summed E-state index contributed by atoms with van der Waals surface area (Å²) in [6, 6.07) is 4.35. The zero-order valence-electron chi connectivity index (χ0n) is 5.54. The zero-order valence-corrected chi connectivity index (χ0v) is 7.13. The Balaban J connectivity index is 3.23. The minimum atomic E-state index is -0.562. The standard InChI is InChI=1S/C7H6BrNO2/c8-6-2-1-4(10)3-5(6)7(9)11/h1-3,10H,(H2,9,11). The van der Waals surface area contributed by atoms with Crippen molar-refractivity contribution >= 4 is 21.8 Å². The summed E-state index contributed by atoms with van der Waals surface area (Å²) in [5.41, 5.74) is 5.29. The van der Waals surface area contributed by atoms with Crippen LogP contribution in [0.3, 0.4) is 0 Å². The van der Waals surface area contributed by atoms with Crippen LogP contribution in [-0.4, -0.2) is 11.0 Å². The van der Waals surface area contributed by atoms with Crippen LogP contribution in [0.5, 0.6) is 5.75 Å². The highest BCUT2D eigenvalue weighted by Crippen LogP contribution is 2.20. The molecule has 0 atom stereocenters. The van der Waals surface area contributed by atoms with Crippen LogP contribution in [0.15, 0.2) is 22.7 Å². The molecular formula is C7H6BrNO2. The summed E-state index contributed by atoms with van der Waals surface area (Å²) in [5, 5.41) is 8.96. The van der Waals surface area contributed by atoms with E-state index in [-0.39, 0.29) is 11.3 Å². The van der Waals surface area contributed by atoms with Gasteiger partial charge in [-0.25, -0.2) is 0 Å². The molecule has 0 aliphatic carbocycles. The number of carbonyl (C=O) groups is 1. The van der Waals surface area contributed by atoms with Crippen molar-refractivity contribution in [2.45, 2.75) is 0 Å². The summed E-state index contributed by atoms with van der Waals surface area (Å²) in [6.07, 6.45) is 0. The molecule has 0 unspecified atom stereocenters. The molecule has 0 bridgehead atoms. The van der Waals surface area contributed by atoms with Gasteiger partial charge < -0.3 is 10.8 Å². The van der Waals surface area contributed by atoms with Gasteiger partial charge in [0.1, 0.15) is 5.75 Å². The summed E-state index contributed by atoms with van der Waals surface area (Å²) >= 11 is 3.12. The fourth-order valence-electron chi connectivity index (χ4n) is 0.702. The Morgan fingerprint density at radius 2 is 2.18 bits per heavy atom. The zero-order chi connectivity index (χ0) is 8.43. The molecule has 1 aromatic rings. The quantitative estimate of drug-likeness (QED) is 0.741. The number of rotatable bonds is 1. The molecule has 0 saturated heterocycles. The highest BCUT2D eigenvalue weighted by atomic mass is 79.9. The lowest BCUT2D eigenvalue weighted by Gasteiger charge is -1.98. The van der Waals surface area contributed by atoms with E-state index in [1.54, 1.807) is 6.07 Å². The van der Waals surface area contributed by atoms with Gasteiger partial charge in [0.2, 0.25) is 5.91 Å². The maximum atomic E-state index is 10.7. The average Bonchev–Trinajstić information content (AvgIpc) is 1.94. The third kappa shape index (κ3) is 1.71. The Labute approximate surface area is 72.0 Å². The van der Waals surface area contributed by atoms with Crippen LogP contribution in [0, 0.1) is 0 Å². The number of nitrogens with two attached hydrogens (primary N) is 1. The summed E-state index contributed by atoms with van der Waals surface area (Å²) in [6.45, 7) is 0. The molecule has 1 rings (SSSR count). The SMILES string of the molecule is NC(=O)c1cc(O)ccc1Br. The Hall–Kier alpha value is -1.03. The third-order valence-electron chi connectivity index (χ3n) is 1.22. The van der Waals surface area contributed by atoms with E-state index in [9.17, 15) is 4.79 Å². The average molecular weight is 216 g/mol. The summed E-state index contributed by atoms with van der Waals surface area (Å²) < 4.78 is 0.586. The van der Waals surface area contributed by atoms with E-state index in [1.807, 2.05) is 0 Å². The number of primary amides is 1. The van der Waals surface area contributed by atoms with E-state index in [4.69, 9.17) is 10.8 Å². The molecule has 0 heterocycles. The highest BCUT2D eigenvalue weighted by molar-refractivity contribution is 9.10. The van der Waals surface area contributed by atoms with Crippen LogP contribution in [0.25, 0.3) is 0 Å². The monoisotopic (exact) mass is 215 g/mol. The minimum absolute atomic E-state index is 0.0296. The van der Waals surface area contributed by atoms with Gasteiger partial charge in [0.05, 0.1) is 5.56 Å². The first-order chi connectivity index (χ1) is 5.11. The molecule has 0 aliphatic heterocycles. The van der Waals surface area contributed by atoms with Gasteiger partial charge in [0, 0.05) is 4.47 Å². The van der Waals surface area contributed by atoms with Crippen LogP contribution >= 0.6 is 15.9 Å². The summed E-state index contributed by atoms with van der Waals surface area (Å²) in [4.78, 5) is 10.7. The second-order valence-corrected chi connectivity index (χ2v) is 2.88. The van der Waals surface area contributed by atoms with Gasteiger partial charge in [0.25, 0.3) is 0 Å². The van der Waals surface area contributed by atoms with Crippen molar-refractivity contribution in [3.8, 4) is 5.75 Å². The van der Waals surface area contributed by atoms with Crippen molar-refractivity contribution in [1.82, 2.24) is 0 Å². The van der Waals surface area contributed by atoms with Crippen LogP contribution in [-0.2, 0) is 0 Å². The number of amides is 1. The Morgan fingerprint density at radius 1 is 1.55 bits per heavy atom. The molecule has 11 heavy (non-hydrogen) atoms. The molecule has 0 aromatic heterocycles. The van der Waals surface area contributed by atoms with Crippen molar-refractivity contribution in [2.75, 3.05) is 0 Å². The molecule has 0 spiro atoms. The molecule has 58 valence electrons. The van der Waals surface area contributed by atoms with E-state index < -0.39 is 5.91 Å². The lowest BCUT2D eigenvalue weighted by Crippen LogP contribution is -2.11. The molecule has 3 N–H and O–H groups in total. The minimum Gasteiger partial charge on any atom is -0.508 e. The molecule has 0 aliphatic rings. The number of halogens is 1. The Bertz CT molecular complexity index is 298.